The Bertz CT molecular complexity index is 714. The minimum atomic E-state index is -0.939. The van der Waals surface area contributed by atoms with Gasteiger partial charge in [0.25, 0.3) is 0 Å². The molecule has 0 radical (unpaired) electrons. The maximum atomic E-state index is 11.3. The number of rotatable bonds is 1. The van der Waals surface area contributed by atoms with Crippen LogP contribution in [0.15, 0.2) is 24.5 Å². The molecule has 2 aromatic rings. The molecule has 4 rings (SSSR count). The zero-order chi connectivity index (χ0) is 14.4. The first-order valence-corrected chi connectivity index (χ1v) is 7.30. The quantitative estimate of drug-likeness (QED) is 0.842. The van der Waals surface area contributed by atoms with Gasteiger partial charge in [0.15, 0.2) is 0 Å². The van der Waals surface area contributed by atoms with E-state index < -0.39 is 11.6 Å². The summed E-state index contributed by atoms with van der Waals surface area (Å²) in [5.41, 5.74) is 2.58. The molecule has 1 spiro atoms. The van der Waals surface area contributed by atoms with Crippen LogP contribution < -0.4 is 4.74 Å². The number of pyridine rings is 1. The predicted molar refractivity (Wildman–Crippen MR) is 76.4 cm³/mol. The summed E-state index contributed by atoms with van der Waals surface area (Å²) >= 11 is 0. The molecule has 1 saturated carbocycles. The van der Waals surface area contributed by atoms with Crippen LogP contribution in [-0.2, 0) is 5.60 Å². The molecule has 5 heteroatoms. The number of aromatic amines is 1. The molecule has 1 aliphatic heterocycles. The van der Waals surface area contributed by atoms with Crippen LogP contribution in [0.4, 0.5) is 0 Å². The monoisotopic (exact) mass is 284 g/mol. The number of hydrogen-bond acceptors (Lipinski definition) is 3. The van der Waals surface area contributed by atoms with Crippen LogP contribution >= 0.6 is 0 Å². The Hall–Kier alpha value is -2.30. The molecule has 21 heavy (non-hydrogen) atoms. The van der Waals surface area contributed by atoms with Crippen molar-refractivity contribution in [3.05, 3.63) is 35.8 Å². The molecule has 0 aromatic carbocycles. The zero-order valence-corrected chi connectivity index (χ0v) is 11.6. The Kier molecular flexibility index (Phi) is 2.58. The minimum Gasteiger partial charge on any atom is -0.480 e. The van der Waals surface area contributed by atoms with Gasteiger partial charge in [-0.25, -0.2) is 4.79 Å². The summed E-state index contributed by atoms with van der Waals surface area (Å²) in [5.74, 6) is -0.198. The Morgan fingerprint density at radius 2 is 2.14 bits per heavy atom. The molecule has 0 amide bonds. The van der Waals surface area contributed by atoms with E-state index in [4.69, 9.17) is 4.74 Å². The number of aromatic carboxylic acids is 1. The number of hydrogen-bond donors (Lipinski definition) is 2. The number of nitrogens with one attached hydrogen (secondary N) is 1. The second-order valence-corrected chi connectivity index (χ2v) is 5.81. The molecule has 1 aliphatic carbocycles. The lowest BCUT2D eigenvalue weighted by Gasteiger charge is -2.41. The van der Waals surface area contributed by atoms with Gasteiger partial charge in [0.1, 0.15) is 17.0 Å². The lowest BCUT2D eigenvalue weighted by molar-refractivity contribution is 0.0237. The molecule has 108 valence electrons. The van der Waals surface area contributed by atoms with Crippen LogP contribution in [0.2, 0.25) is 0 Å². The van der Waals surface area contributed by atoms with E-state index in [-0.39, 0.29) is 5.69 Å². The van der Waals surface area contributed by atoms with Crippen molar-refractivity contribution in [1.82, 2.24) is 9.97 Å². The van der Waals surface area contributed by atoms with E-state index in [1.165, 1.54) is 6.42 Å². The highest BCUT2D eigenvalue weighted by Crippen LogP contribution is 2.50. The van der Waals surface area contributed by atoms with Crippen LogP contribution in [0.1, 0.15) is 48.2 Å². The number of H-pyrrole nitrogens is 1. The van der Waals surface area contributed by atoms with Gasteiger partial charge in [-0.2, -0.15) is 0 Å². The van der Waals surface area contributed by atoms with E-state index in [1.807, 2.05) is 6.07 Å². The largest absolute Gasteiger partial charge is 0.480 e. The van der Waals surface area contributed by atoms with Crippen molar-refractivity contribution in [2.24, 2.45) is 0 Å². The van der Waals surface area contributed by atoms with Crippen molar-refractivity contribution < 1.29 is 14.6 Å². The Morgan fingerprint density at radius 3 is 2.90 bits per heavy atom. The maximum Gasteiger partial charge on any atom is 0.352 e. The second-order valence-electron chi connectivity index (χ2n) is 5.81. The topological polar surface area (TPSA) is 75.2 Å². The fourth-order valence-electron chi connectivity index (χ4n) is 3.57. The number of aromatic nitrogens is 2. The molecule has 0 bridgehead atoms. The summed E-state index contributed by atoms with van der Waals surface area (Å²) in [5, 5.41) is 9.28. The lowest BCUT2D eigenvalue weighted by atomic mass is 9.77. The first-order valence-electron chi connectivity index (χ1n) is 7.30. The second kappa shape index (κ2) is 4.35. The Balaban J connectivity index is 1.94. The summed E-state index contributed by atoms with van der Waals surface area (Å²) in [4.78, 5) is 18.5. The van der Waals surface area contributed by atoms with Crippen LogP contribution in [0.25, 0.3) is 11.3 Å². The number of carboxylic acid groups (broad SMARTS) is 1. The van der Waals surface area contributed by atoms with Gasteiger partial charge < -0.3 is 14.8 Å². The summed E-state index contributed by atoms with van der Waals surface area (Å²) in [7, 11) is 0. The van der Waals surface area contributed by atoms with Gasteiger partial charge in [0.2, 0.25) is 0 Å². The highest BCUT2D eigenvalue weighted by atomic mass is 16.5. The van der Waals surface area contributed by atoms with Crippen molar-refractivity contribution in [1.29, 1.82) is 0 Å². The summed E-state index contributed by atoms with van der Waals surface area (Å²) < 4.78 is 6.30. The maximum absolute atomic E-state index is 11.3. The molecular formula is C16H16N2O3. The first-order chi connectivity index (χ1) is 10.2. The van der Waals surface area contributed by atoms with Crippen LogP contribution in [0.5, 0.6) is 5.75 Å². The minimum absolute atomic E-state index is 0.221. The van der Waals surface area contributed by atoms with Gasteiger partial charge in [-0.3, -0.25) is 4.98 Å². The standard InChI is InChI=1S/C16H16N2O3/c19-15(20)12-8-11-14(18-12)10-4-7-17-9-13(10)21-16(11)5-2-1-3-6-16/h4,7-9,18H,1-3,5-6H2,(H,19,20). The Morgan fingerprint density at radius 1 is 1.33 bits per heavy atom. The third kappa shape index (κ3) is 1.77. The van der Waals surface area contributed by atoms with E-state index in [1.54, 1.807) is 18.5 Å². The third-order valence-electron chi connectivity index (χ3n) is 4.56. The van der Waals surface area contributed by atoms with Crippen molar-refractivity contribution >= 4 is 5.97 Å². The van der Waals surface area contributed by atoms with Gasteiger partial charge in [-0.05, 0) is 37.8 Å². The molecule has 1 fully saturated rings. The van der Waals surface area contributed by atoms with Gasteiger partial charge in [0.05, 0.1) is 11.9 Å². The molecule has 2 N–H and O–H groups in total. The van der Waals surface area contributed by atoms with Crippen LogP contribution in [0, 0.1) is 0 Å². The van der Waals surface area contributed by atoms with Crippen LogP contribution in [0.3, 0.4) is 0 Å². The number of nitrogens with zero attached hydrogens (tertiary/aromatic N) is 1. The smallest absolute Gasteiger partial charge is 0.352 e. The number of carbonyl (C=O) groups is 1. The third-order valence-corrected chi connectivity index (χ3v) is 4.56. The van der Waals surface area contributed by atoms with Crippen molar-refractivity contribution in [3.63, 3.8) is 0 Å². The van der Waals surface area contributed by atoms with Crippen LogP contribution in [-0.4, -0.2) is 21.0 Å². The summed E-state index contributed by atoms with van der Waals surface area (Å²) in [6.45, 7) is 0. The van der Waals surface area contributed by atoms with E-state index in [2.05, 4.69) is 9.97 Å². The van der Waals surface area contributed by atoms with Gasteiger partial charge in [-0.1, -0.05) is 6.42 Å². The van der Waals surface area contributed by atoms with E-state index in [9.17, 15) is 9.90 Å². The van der Waals surface area contributed by atoms with Gasteiger partial charge in [0, 0.05) is 17.3 Å². The molecule has 0 unspecified atom stereocenters. The van der Waals surface area contributed by atoms with Crippen molar-refractivity contribution in [2.75, 3.05) is 0 Å². The molecule has 2 aromatic heterocycles. The average molecular weight is 284 g/mol. The highest BCUT2D eigenvalue weighted by molar-refractivity contribution is 5.89. The Labute approximate surface area is 122 Å². The summed E-state index contributed by atoms with van der Waals surface area (Å²) in [6, 6.07) is 3.61. The van der Waals surface area contributed by atoms with Gasteiger partial charge in [-0.15, -0.1) is 0 Å². The van der Waals surface area contributed by atoms with Crippen molar-refractivity contribution in [2.45, 2.75) is 37.7 Å². The first kappa shape index (κ1) is 12.4. The molecule has 2 aliphatic rings. The fourth-order valence-corrected chi connectivity index (χ4v) is 3.57. The average Bonchev–Trinajstić information content (AvgIpc) is 2.95. The molecule has 0 atom stereocenters. The molecule has 0 saturated heterocycles. The molecular weight excluding hydrogens is 268 g/mol. The van der Waals surface area contributed by atoms with E-state index >= 15 is 0 Å². The number of ether oxygens (including phenoxy) is 1. The van der Waals surface area contributed by atoms with Gasteiger partial charge >= 0.3 is 5.97 Å². The van der Waals surface area contributed by atoms with Crippen molar-refractivity contribution in [3.8, 4) is 17.0 Å². The molecule has 3 heterocycles. The van der Waals surface area contributed by atoms with E-state index in [0.717, 1.165) is 48.3 Å². The SMILES string of the molecule is O=C(O)c1cc2c([nH]1)-c1ccncc1OC21CCCCC1. The number of fused-ring (bicyclic) bond motifs is 4. The number of carboxylic acids is 1. The predicted octanol–water partition coefficient (Wildman–Crippen LogP) is 3.33. The zero-order valence-electron chi connectivity index (χ0n) is 11.6. The lowest BCUT2D eigenvalue weighted by Crippen LogP contribution is -2.37. The summed E-state index contributed by atoms with van der Waals surface area (Å²) in [6.07, 6.45) is 8.67. The fraction of sp³-hybridized carbons (Fsp3) is 0.375. The normalized spacial score (nSPS) is 18.7. The molecule has 5 nitrogen and oxygen atoms in total. The van der Waals surface area contributed by atoms with E-state index in [0.29, 0.717) is 0 Å². The highest BCUT2D eigenvalue weighted by Gasteiger charge is 2.43.